The summed E-state index contributed by atoms with van der Waals surface area (Å²) in [5.41, 5.74) is 0.0517. The number of nitrogens with zero attached hydrogens (tertiary/aromatic N) is 6. The van der Waals surface area contributed by atoms with Crippen LogP contribution < -0.4 is 4.90 Å². The summed E-state index contributed by atoms with van der Waals surface area (Å²) in [4.78, 5) is 6.94. The van der Waals surface area contributed by atoms with Crippen molar-refractivity contribution in [2.75, 3.05) is 11.4 Å². The van der Waals surface area contributed by atoms with E-state index >= 15 is 0 Å². The zero-order valence-electron chi connectivity index (χ0n) is 17.5. The Balaban J connectivity index is 1.43. The van der Waals surface area contributed by atoms with E-state index < -0.39 is 17.0 Å². The van der Waals surface area contributed by atoms with Gasteiger partial charge in [-0.1, -0.05) is 11.3 Å². The Hall–Kier alpha value is -2.98. The van der Waals surface area contributed by atoms with Crippen LogP contribution in [-0.4, -0.2) is 36.4 Å². The minimum atomic E-state index is -1.09. The topological polar surface area (TPSA) is 79.4 Å². The van der Waals surface area contributed by atoms with Gasteiger partial charge in [0, 0.05) is 18.3 Å². The molecule has 10 heteroatoms. The molecule has 3 aromatic heterocycles. The lowest BCUT2D eigenvalue weighted by atomic mass is 10.0. The number of anilines is 1. The van der Waals surface area contributed by atoms with E-state index in [1.165, 1.54) is 23.5 Å². The maximum atomic E-state index is 14.7. The van der Waals surface area contributed by atoms with E-state index in [-0.39, 0.29) is 11.7 Å². The Kier molecular flexibility index (Phi) is 4.01. The molecule has 32 heavy (non-hydrogen) atoms. The average molecular weight is 455 g/mol. The van der Waals surface area contributed by atoms with Gasteiger partial charge < -0.3 is 10.0 Å². The largest absolute Gasteiger partial charge is 0.383 e. The summed E-state index contributed by atoms with van der Waals surface area (Å²) in [6, 6.07) is 5.52. The van der Waals surface area contributed by atoms with E-state index in [0.29, 0.717) is 32.6 Å². The lowest BCUT2D eigenvalue weighted by Gasteiger charge is -2.30. The molecule has 0 unspecified atom stereocenters. The van der Waals surface area contributed by atoms with Crippen molar-refractivity contribution >= 4 is 22.8 Å². The van der Waals surface area contributed by atoms with Crippen LogP contribution in [0.25, 0.3) is 16.2 Å². The molecule has 2 aliphatic rings. The first kappa shape index (κ1) is 19.7. The van der Waals surface area contributed by atoms with Crippen LogP contribution in [-0.2, 0) is 11.1 Å². The number of aliphatic hydroxyl groups is 1. The molecular weight excluding hydrogens is 434 g/mol. The highest BCUT2D eigenvalue weighted by Crippen LogP contribution is 2.63. The van der Waals surface area contributed by atoms with Crippen LogP contribution in [0.2, 0.25) is 0 Å². The van der Waals surface area contributed by atoms with E-state index in [9.17, 15) is 13.9 Å². The highest BCUT2D eigenvalue weighted by atomic mass is 32.1. The average Bonchev–Trinajstić information content (AvgIpc) is 3.13. The van der Waals surface area contributed by atoms with Crippen LogP contribution in [0.3, 0.4) is 0 Å². The molecule has 7 nitrogen and oxygen atoms in total. The molecule has 1 aliphatic heterocycles. The Morgan fingerprint density at radius 1 is 1.22 bits per heavy atom. The Morgan fingerprint density at radius 2 is 2.06 bits per heavy atom. The molecule has 1 N–H and O–H groups in total. The molecule has 1 aromatic carbocycles. The highest BCUT2D eigenvalue weighted by molar-refractivity contribution is 7.14. The third-order valence-electron chi connectivity index (χ3n) is 6.46. The summed E-state index contributed by atoms with van der Waals surface area (Å²) < 4.78 is 30.3. The maximum absolute atomic E-state index is 14.7. The third kappa shape index (κ3) is 2.79. The number of hydrogen-bond acceptors (Lipinski definition) is 7. The number of benzene rings is 1. The molecule has 1 saturated carbocycles. The van der Waals surface area contributed by atoms with E-state index in [0.717, 1.165) is 25.5 Å². The molecule has 0 amide bonds. The van der Waals surface area contributed by atoms with E-state index in [4.69, 9.17) is 4.98 Å². The minimum absolute atomic E-state index is 0.277. The number of fused-ring (bicyclic) bond motifs is 2. The fourth-order valence-corrected chi connectivity index (χ4v) is 5.69. The first-order chi connectivity index (χ1) is 15.3. The predicted octanol–water partition coefficient (Wildman–Crippen LogP) is 3.88. The van der Waals surface area contributed by atoms with Crippen molar-refractivity contribution in [2.24, 2.45) is 5.92 Å². The van der Waals surface area contributed by atoms with E-state index in [1.54, 1.807) is 24.6 Å². The molecule has 4 heterocycles. The van der Waals surface area contributed by atoms with Crippen LogP contribution in [0.1, 0.15) is 37.3 Å². The molecule has 0 spiro atoms. The van der Waals surface area contributed by atoms with Gasteiger partial charge in [-0.2, -0.15) is 5.10 Å². The van der Waals surface area contributed by atoms with Gasteiger partial charge in [0.05, 0.1) is 17.3 Å². The van der Waals surface area contributed by atoms with Crippen LogP contribution in [0.15, 0.2) is 36.7 Å². The van der Waals surface area contributed by atoms with Crippen molar-refractivity contribution in [1.82, 2.24) is 24.8 Å². The van der Waals surface area contributed by atoms with Crippen LogP contribution in [0.5, 0.6) is 0 Å². The molecular formula is C22H20F2N6OS. The number of halogens is 2. The Morgan fingerprint density at radius 3 is 2.81 bits per heavy atom. The molecule has 1 aliphatic carbocycles. The summed E-state index contributed by atoms with van der Waals surface area (Å²) in [5, 5.41) is 24.0. The lowest BCUT2D eigenvalue weighted by molar-refractivity contribution is 0.0775. The second kappa shape index (κ2) is 6.52. The lowest BCUT2D eigenvalue weighted by Crippen LogP contribution is -2.34. The Bertz CT molecular complexity index is 1360. The van der Waals surface area contributed by atoms with Gasteiger partial charge in [-0.05, 0) is 56.9 Å². The number of piperidine rings is 1. The second-order valence-electron chi connectivity index (χ2n) is 8.97. The number of aromatic nitrogens is 5. The molecule has 2 atom stereocenters. The third-order valence-corrected chi connectivity index (χ3v) is 7.73. The van der Waals surface area contributed by atoms with Crippen molar-refractivity contribution in [2.45, 2.75) is 37.8 Å². The van der Waals surface area contributed by atoms with Gasteiger partial charge in [0.1, 0.15) is 28.1 Å². The maximum Gasteiger partial charge on any atom is 0.167 e. The summed E-state index contributed by atoms with van der Waals surface area (Å²) in [6.45, 7) is 4.04. The summed E-state index contributed by atoms with van der Waals surface area (Å²) >= 11 is 1.29. The second-order valence-corrected chi connectivity index (χ2v) is 9.95. The minimum Gasteiger partial charge on any atom is -0.383 e. The van der Waals surface area contributed by atoms with E-state index in [2.05, 4.69) is 20.2 Å². The predicted molar refractivity (Wildman–Crippen MR) is 115 cm³/mol. The molecule has 0 radical (unpaired) electrons. The van der Waals surface area contributed by atoms with Crippen LogP contribution in [0, 0.1) is 17.6 Å². The van der Waals surface area contributed by atoms with Gasteiger partial charge >= 0.3 is 0 Å². The molecule has 164 valence electrons. The molecule has 4 aromatic rings. The molecule has 6 rings (SSSR count). The van der Waals surface area contributed by atoms with Crippen molar-refractivity contribution in [3.8, 4) is 10.6 Å². The van der Waals surface area contributed by atoms with Gasteiger partial charge in [0.15, 0.2) is 10.7 Å². The zero-order valence-corrected chi connectivity index (χ0v) is 18.3. The summed E-state index contributed by atoms with van der Waals surface area (Å²) in [5.74, 6) is 0.141. The molecule has 1 saturated heterocycles. The van der Waals surface area contributed by atoms with Gasteiger partial charge in [0.25, 0.3) is 0 Å². The van der Waals surface area contributed by atoms with Crippen LogP contribution >= 0.6 is 11.3 Å². The fourth-order valence-electron chi connectivity index (χ4n) is 4.84. The smallest absolute Gasteiger partial charge is 0.167 e. The van der Waals surface area contributed by atoms with Gasteiger partial charge in [0.2, 0.25) is 0 Å². The summed E-state index contributed by atoms with van der Waals surface area (Å²) in [7, 11) is 0. The standard InChI is InChI=1S/C22H20F2N6OS/c1-21(2,31)20-28-27-19(32-20)14-11-25-30-8-6-17(26-18(14)30)29-7-5-12-10-22(12,29)15-9-13(23)3-4-16(15)24/h3-4,6,8-9,11-12,31H,5,7,10H2,1-2H3/t12-,22+/m0/s1. The van der Waals surface area contributed by atoms with Gasteiger partial charge in [-0.25, -0.2) is 18.3 Å². The zero-order chi connectivity index (χ0) is 22.3. The van der Waals surface area contributed by atoms with Crippen molar-refractivity contribution in [3.63, 3.8) is 0 Å². The van der Waals surface area contributed by atoms with Gasteiger partial charge in [-0.3, -0.25) is 0 Å². The first-order valence-electron chi connectivity index (χ1n) is 10.4. The van der Waals surface area contributed by atoms with Crippen molar-refractivity contribution in [1.29, 1.82) is 0 Å². The number of rotatable bonds is 4. The summed E-state index contributed by atoms with van der Waals surface area (Å²) in [6.07, 6.45) is 5.16. The molecule has 2 fully saturated rings. The fraction of sp³-hybridized carbons (Fsp3) is 0.364. The van der Waals surface area contributed by atoms with Gasteiger partial charge in [-0.15, -0.1) is 10.2 Å². The first-order valence-corrected chi connectivity index (χ1v) is 11.2. The molecule has 0 bridgehead atoms. The van der Waals surface area contributed by atoms with Crippen LogP contribution in [0.4, 0.5) is 14.6 Å². The highest BCUT2D eigenvalue weighted by Gasteiger charge is 2.64. The Labute approximate surface area is 186 Å². The normalized spacial score (nSPS) is 22.5. The number of hydrogen-bond donors (Lipinski definition) is 1. The van der Waals surface area contributed by atoms with Crippen molar-refractivity contribution < 1.29 is 13.9 Å². The quantitative estimate of drug-likeness (QED) is 0.504. The van der Waals surface area contributed by atoms with Crippen molar-refractivity contribution in [3.05, 3.63) is 58.9 Å². The SMILES string of the molecule is CC(C)(O)c1nnc(-c2cnn3ccc(N4CC[C@H]5C[C@]54c4cc(F)ccc4F)nc23)s1. The van der Waals surface area contributed by atoms with E-state index in [1.807, 2.05) is 12.3 Å². The monoisotopic (exact) mass is 454 g/mol.